The van der Waals surface area contributed by atoms with Crippen LogP contribution in [0.25, 0.3) is 10.9 Å². The Morgan fingerprint density at radius 1 is 1.27 bits per heavy atom. The Morgan fingerprint density at radius 3 is 2.93 bits per heavy atom. The molecule has 0 radical (unpaired) electrons. The number of benzene rings is 1. The van der Waals surface area contributed by atoms with Crippen molar-refractivity contribution in [2.75, 3.05) is 0 Å². The molecule has 0 saturated carbocycles. The number of H-pyrrole nitrogens is 1. The van der Waals surface area contributed by atoms with E-state index in [2.05, 4.69) is 15.2 Å². The van der Waals surface area contributed by atoms with Crippen LogP contribution in [0.5, 0.6) is 0 Å². The van der Waals surface area contributed by atoms with Gasteiger partial charge in [-0.15, -0.1) is 0 Å². The molecule has 0 aliphatic carbocycles. The SMILES string of the molecule is NC1(c2c[nH]c3ccccc23)C=CN=N1. The summed E-state index contributed by atoms with van der Waals surface area (Å²) in [6.07, 6.45) is 5.31. The molecule has 4 heteroatoms. The Labute approximate surface area is 86.5 Å². The number of nitrogens with two attached hydrogens (primary N) is 1. The number of rotatable bonds is 1. The first-order valence-corrected chi connectivity index (χ1v) is 4.75. The predicted molar refractivity (Wildman–Crippen MR) is 58.2 cm³/mol. The summed E-state index contributed by atoms with van der Waals surface area (Å²) in [4.78, 5) is 3.17. The standard InChI is InChI=1S/C11H10N4/c12-11(5-6-14-15-11)9-7-13-10-4-2-1-3-8(9)10/h1-7,13H,12H2. The van der Waals surface area contributed by atoms with Crippen molar-refractivity contribution in [2.24, 2.45) is 16.0 Å². The highest BCUT2D eigenvalue weighted by Crippen LogP contribution is 2.31. The van der Waals surface area contributed by atoms with Crippen molar-refractivity contribution < 1.29 is 0 Å². The van der Waals surface area contributed by atoms with Gasteiger partial charge in [0.15, 0.2) is 5.66 Å². The second-order valence-electron chi connectivity index (χ2n) is 3.60. The molecular formula is C11H10N4. The minimum Gasteiger partial charge on any atom is -0.361 e. The molecule has 0 fully saturated rings. The van der Waals surface area contributed by atoms with E-state index in [9.17, 15) is 0 Å². The Morgan fingerprint density at radius 2 is 2.13 bits per heavy atom. The van der Waals surface area contributed by atoms with Gasteiger partial charge in [0.25, 0.3) is 0 Å². The van der Waals surface area contributed by atoms with Gasteiger partial charge in [-0.2, -0.15) is 10.2 Å². The van der Waals surface area contributed by atoms with Crippen LogP contribution in [0.2, 0.25) is 0 Å². The van der Waals surface area contributed by atoms with E-state index in [1.54, 1.807) is 12.3 Å². The van der Waals surface area contributed by atoms with E-state index in [-0.39, 0.29) is 0 Å². The van der Waals surface area contributed by atoms with Crippen LogP contribution in [0, 0.1) is 0 Å². The van der Waals surface area contributed by atoms with Crippen molar-refractivity contribution in [3.8, 4) is 0 Å². The number of fused-ring (bicyclic) bond motifs is 1. The highest BCUT2D eigenvalue weighted by atomic mass is 15.2. The van der Waals surface area contributed by atoms with E-state index in [1.165, 1.54) is 0 Å². The minimum atomic E-state index is -0.806. The number of para-hydroxylation sites is 1. The van der Waals surface area contributed by atoms with E-state index in [0.29, 0.717) is 0 Å². The first kappa shape index (κ1) is 8.38. The monoisotopic (exact) mass is 198 g/mol. The zero-order chi connectivity index (χ0) is 10.3. The molecule has 0 spiro atoms. The van der Waals surface area contributed by atoms with Crippen LogP contribution in [0.4, 0.5) is 0 Å². The summed E-state index contributed by atoms with van der Waals surface area (Å²) in [6.45, 7) is 0. The average Bonchev–Trinajstić information content (AvgIpc) is 2.84. The third-order valence-electron chi connectivity index (χ3n) is 2.64. The molecule has 74 valence electrons. The van der Waals surface area contributed by atoms with Crippen LogP contribution in [0.3, 0.4) is 0 Å². The van der Waals surface area contributed by atoms with Crippen LogP contribution in [-0.4, -0.2) is 4.98 Å². The molecule has 1 aliphatic heterocycles. The van der Waals surface area contributed by atoms with Gasteiger partial charge in [0, 0.05) is 28.9 Å². The third-order valence-corrected chi connectivity index (χ3v) is 2.64. The lowest BCUT2D eigenvalue weighted by atomic mass is 10.0. The molecule has 1 atom stereocenters. The van der Waals surface area contributed by atoms with Gasteiger partial charge >= 0.3 is 0 Å². The third kappa shape index (κ3) is 1.12. The fourth-order valence-electron chi connectivity index (χ4n) is 1.86. The molecule has 4 nitrogen and oxygen atoms in total. The number of nitrogens with zero attached hydrogens (tertiary/aromatic N) is 2. The largest absolute Gasteiger partial charge is 0.361 e. The zero-order valence-electron chi connectivity index (χ0n) is 8.01. The number of aromatic amines is 1. The zero-order valence-corrected chi connectivity index (χ0v) is 8.01. The Bertz CT molecular complexity index is 553. The second-order valence-corrected chi connectivity index (χ2v) is 3.60. The quantitative estimate of drug-likeness (QED) is 0.725. The molecule has 1 unspecified atom stereocenters. The molecule has 1 aliphatic rings. The van der Waals surface area contributed by atoms with E-state index >= 15 is 0 Å². The van der Waals surface area contributed by atoms with Gasteiger partial charge < -0.3 is 4.98 Å². The average molecular weight is 198 g/mol. The summed E-state index contributed by atoms with van der Waals surface area (Å²) < 4.78 is 0. The number of nitrogens with one attached hydrogen (secondary N) is 1. The van der Waals surface area contributed by atoms with E-state index in [4.69, 9.17) is 5.73 Å². The van der Waals surface area contributed by atoms with Crippen molar-refractivity contribution in [3.05, 3.63) is 48.3 Å². The Balaban J connectivity index is 2.28. The van der Waals surface area contributed by atoms with Crippen molar-refractivity contribution in [2.45, 2.75) is 5.66 Å². The maximum absolute atomic E-state index is 6.12. The summed E-state index contributed by atoms with van der Waals surface area (Å²) in [5, 5.41) is 8.93. The summed E-state index contributed by atoms with van der Waals surface area (Å²) >= 11 is 0. The predicted octanol–water partition coefficient (Wildman–Crippen LogP) is 2.26. The second kappa shape index (κ2) is 2.77. The molecule has 3 N–H and O–H groups in total. The molecule has 0 saturated heterocycles. The maximum Gasteiger partial charge on any atom is 0.177 e. The maximum atomic E-state index is 6.12. The van der Waals surface area contributed by atoms with Crippen molar-refractivity contribution >= 4 is 10.9 Å². The Hall–Kier alpha value is -1.94. The van der Waals surface area contributed by atoms with E-state index in [0.717, 1.165) is 16.5 Å². The minimum absolute atomic E-state index is 0.806. The highest BCUT2D eigenvalue weighted by molar-refractivity contribution is 5.84. The van der Waals surface area contributed by atoms with Gasteiger partial charge in [0.1, 0.15) is 0 Å². The first-order chi connectivity index (χ1) is 7.30. The lowest BCUT2D eigenvalue weighted by Crippen LogP contribution is -2.29. The molecule has 1 aromatic heterocycles. The summed E-state index contributed by atoms with van der Waals surface area (Å²) in [5.41, 5.74) is 7.33. The number of azo groups is 1. The first-order valence-electron chi connectivity index (χ1n) is 4.75. The fraction of sp³-hybridized carbons (Fsp3) is 0.0909. The van der Waals surface area contributed by atoms with Gasteiger partial charge in [-0.05, 0) is 12.1 Å². The molecular weight excluding hydrogens is 188 g/mol. The van der Waals surface area contributed by atoms with Crippen molar-refractivity contribution in [1.29, 1.82) is 0 Å². The number of hydrogen-bond donors (Lipinski definition) is 2. The molecule has 2 aromatic rings. The van der Waals surface area contributed by atoms with Gasteiger partial charge in [-0.1, -0.05) is 18.2 Å². The molecule has 1 aromatic carbocycles. The lowest BCUT2D eigenvalue weighted by Gasteiger charge is -2.15. The summed E-state index contributed by atoms with van der Waals surface area (Å²) in [6, 6.07) is 8.01. The topological polar surface area (TPSA) is 66.5 Å². The van der Waals surface area contributed by atoms with Gasteiger partial charge in [-0.25, -0.2) is 0 Å². The van der Waals surface area contributed by atoms with Crippen molar-refractivity contribution in [1.82, 2.24) is 4.98 Å². The fourth-order valence-corrected chi connectivity index (χ4v) is 1.86. The van der Waals surface area contributed by atoms with Gasteiger partial charge in [-0.3, -0.25) is 5.73 Å². The van der Waals surface area contributed by atoms with Crippen LogP contribution in [-0.2, 0) is 5.66 Å². The smallest absolute Gasteiger partial charge is 0.177 e. The van der Waals surface area contributed by atoms with Crippen LogP contribution < -0.4 is 5.73 Å². The number of aromatic nitrogens is 1. The van der Waals surface area contributed by atoms with Gasteiger partial charge in [0.05, 0.1) is 0 Å². The van der Waals surface area contributed by atoms with Crippen LogP contribution >= 0.6 is 0 Å². The van der Waals surface area contributed by atoms with Crippen molar-refractivity contribution in [3.63, 3.8) is 0 Å². The van der Waals surface area contributed by atoms with Crippen LogP contribution in [0.15, 0.2) is 53.0 Å². The Kier molecular flexibility index (Phi) is 1.55. The normalized spacial score (nSPS) is 24.1. The molecule has 3 rings (SSSR count). The molecule has 15 heavy (non-hydrogen) atoms. The molecule has 0 bridgehead atoms. The van der Waals surface area contributed by atoms with Gasteiger partial charge in [0.2, 0.25) is 0 Å². The lowest BCUT2D eigenvalue weighted by molar-refractivity contribution is 0.590. The highest BCUT2D eigenvalue weighted by Gasteiger charge is 2.29. The van der Waals surface area contributed by atoms with E-state index < -0.39 is 5.66 Å². The van der Waals surface area contributed by atoms with E-state index in [1.807, 2.05) is 30.5 Å². The summed E-state index contributed by atoms with van der Waals surface area (Å²) in [5.74, 6) is 0. The molecule has 0 amide bonds. The summed E-state index contributed by atoms with van der Waals surface area (Å²) in [7, 11) is 0. The van der Waals surface area contributed by atoms with Crippen LogP contribution in [0.1, 0.15) is 5.56 Å². The molecule has 2 heterocycles. The number of hydrogen-bond acceptors (Lipinski definition) is 3.